The van der Waals surface area contributed by atoms with Gasteiger partial charge in [-0.3, -0.25) is 14.9 Å². The normalized spacial score (nSPS) is 11.2. The molecule has 0 saturated carbocycles. The van der Waals surface area contributed by atoms with Gasteiger partial charge in [-0.1, -0.05) is 12.1 Å². The second-order valence-corrected chi connectivity index (χ2v) is 8.96. The van der Waals surface area contributed by atoms with Crippen LogP contribution in [0.2, 0.25) is 0 Å². The number of nitrogens with one attached hydrogen (secondary N) is 2. The van der Waals surface area contributed by atoms with Gasteiger partial charge >= 0.3 is 6.09 Å². The molecule has 0 radical (unpaired) electrons. The van der Waals surface area contributed by atoms with Crippen molar-refractivity contribution in [3.8, 4) is 10.6 Å². The summed E-state index contributed by atoms with van der Waals surface area (Å²) in [6.45, 7) is 6.74. The number of thiophene rings is 1. The van der Waals surface area contributed by atoms with E-state index in [4.69, 9.17) is 4.74 Å². The zero-order valence-corrected chi connectivity index (χ0v) is 18.7. The van der Waals surface area contributed by atoms with Crippen LogP contribution >= 0.6 is 11.3 Å². The average molecular weight is 442 g/mol. The Bertz CT molecular complexity index is 980. The number of amides is 2. The number of rotatable bonds is 8. The van der Waals surface area contributed by atoms with Crippen LogP contribution in [-0.2, 0) is 11.3 Å². The molecule has 0 bridgehead atoms. The van der Waals surface area contributed by atoms with Crippen molar-refractivity contribution < 1.29 is 14.3 Å². The molecule has 0 fully saturated rings. The SMILES string of the molecule is CC(C)(C)OC(=O)N(CCCNC(=O)c1cc(-c2cccs2)[nH]n1)Cc1cccnc1. The Hall–Kier alpha value is -3.20. The number of H-pyrrole nitrogens is 1. The summed E-state index contributed by atoms with van der Waals surface area (Å²) in [7, 11) is 0. The minimum Gasteiger partial charge on any atom is -0.444 e. The first kappa shape index (κ1) is 22.5. The Morgan fingerprint density at radius 3 is 2.77 bits per heavy atom. The second kappa shape index (κ2) is 10.2. The van der Waals surface area contributed by atoms with E-state index < -0.39 is 11.7 Å². The highest BCUT2D eigenvalue weighted by molar-refractivity contribution is 7.13. The maximum atomic E-state index is 12.6. The van der Waals surface area contributed by atoms with Crippen molar-refractivity contribution in [2.45, 2.75) is 39.3 Å². The number of carbonyl (C=O) groups excluding carboxylic acids is 2. The van der Waals surface area contributed by atoms with Gasteiger partial charge in [0.05, 0.1) is 17.1 Å². The van der Waals surface area contributed by atoms with E-state index in [1.54, 1.807) is 34.7 Å². The molecule has 3 aromatic rings. The van der Waals surface area contributed by atoms with Crippen molar-refractivity contribution >= 4 is 23.3 Å². The number of hydrogen-bond acceptors (Lipinski definition) is 6. The molecule has 0 aliphatic heterocycles. The van der Waals surface area contributed by atoms with Crippen LogP contribution < -0.4 is 5.32 Å². The van der Waals surface area contributed by atoms with E-state index in [9.17, 15) is 9.59 Å². The first-order valence-corrected chi connectivity index (χ1v) is 10.9. The van der Waals surface area contributed by atoms with Crippen molar-refractivity contribution in [3.63, 3.8) is 0 Å². The Labute approximate surface area is 185 Å². The summed E-state index contributed by atoms with van der Waals surface area (Å²) >= 11 is 1.58. The Morgan fingerprint density at radius 2 is 2.10 bits per heavy atom. The smallest absolute Gasteiger partial charge is 0.410 e. The van der Waals surface area contributed by atoms with Gasteiger partial charge in [0.1, 0.15) is 5.60 Å². The molecule has 2 N–H and O–H groups in total. The number of carbonyl (C=O) groups is 2. The summed E-state index contributed by atoms with van der Waals surface area (Å²) in [6, 6.07) is 9.39. The van der Waals surface area contributed by atoms with Crippen molar-refractivity contribution in [1.29, 1.82) is 0 Å². The fourth-order valence-electron chi connectivity index (χ4n) is 2.83. The average Bonchev–Trinajstić information content (AvgIpc) is 3.41. The van der Waals surface area contributed by atoms with E-state index in [-0.39, 0.29) is 5.91 Å². The molecular formula is C22H27N5O3S. The van der Waals surface area contributed by atoms with Crippen LogP contribution in [0.4, 0.5) is 4.79 Å². The third-order valence-electron chi connectivity index (χ3n) is 4.24. The van der Waals surface area contributed by atoms with Gasteiger partial charge in [-0.25, -0.2) is 4.79 Å². The maximum Gasteiger partial charge on any atom is 0.410 e. The Morgan fingerprint density at radius 1 is 1.26 bits per heavy atom. The summed E-state index contributed by atoms with van der Waals surface area (Å²) < 4.78 is 5.52. The van der Waals surface area contributed by atoms with Gasteiger partial charge in [0.15, 0.2) is 5.69 Å². The molecule has 0 spiro atoms. The third-order valence-corrected chi connectivity index (χ3v) is 5.14. The number of hydrogen-bond donors (Lipinski definition) is 2. The Balaban J connectivity index is 1.52. The molecule has 164 valence electrons. The first-order chi connectivity index (χ1) is 14.8. The second-order valence-electron chi connectivity index (χ2n) is 8.02. The van der Waals surface area contributed by atoms with E-state index in [1.807, 2.05) is 50.4 Å². The molecule has 9 heteroatoms. The van der Waals surface area contributed by atoms with E-state index in [0.717, 1.165) is 16.1 Å². The van der Waals surface area contributed by atoms with Crippen molar-refractivity contribution in [3.05, 3.63) is 59.4 Å². The predicted octanol–water partition coefficient (Wildman–Crippen LogP) is 4.09. The molecule has 0 unspecified atom stereocenters. The number of aromatic nitrogens is 3. The van der Waals surface area contributed by atoms with Gasteiger partial charge < -0.3 is 15.0 Å². The van der Waals surface area contributed by atoms with Crippen LogP contribution in [0, 0.1) is 0 Å². The van der Waals surface area contributed by atoms with Crippen LogP contribution in [0.3, 0.4) is 0 Å². The Kier molecular flexibility index (Phi) is 7.41. The minimum atomic E-state index is -0.585. The van der Waals surface area contributed by atoms with Gasteiger partial charge in [-0.15, -0.1) is 11.3 Å². The summed E-state index contributed by atoms with van der Waals surface area (Å²) in [5.41, 5.74) is 1.48. The van der Waals surface area contributed by atoms with Crippen molar-refractivity contribution in [1.82, 2.24) is 25.4 Å². The van der Waals surface area contributed by atoms with Gasteiger partial charge in [-0.2, -0.15) is 5.10 Å². The van der Waals surface area contributed by atoms with E-state index in [1.165, 1.54) is 0 Å². The highest BCUT2D eigenvalue weighted by Gasteiger charge is 2.22. The molecular weight excluding hydrogens is 414 g/mol. The monoisotopic (exact) mass is 441 g/mol. The molecule has 3 aromatic heterocycles. The molecule has 0 aliphatic rings. The van der Waals surface area contributed by atoms with Crippen LogP contribution in [0.15, 0.2) is 48.1 Å². The zero-order chi connectivity index (χ0) is 22.3. The highest BCUT2D eigenvalue weighted by atomic mass is 32.1. The van der Waals surface area contributed by atoms with Gasteiger partial charge in [0.2, 0.25) is 0 Å². The molecule has 2 amide bonds. The maximum absolute atomic E-state index is 12.6. The summed E-state index contributed by atoms with van der Waals surface area (Å²) in [4.78, 5) is 31.7. The van der Waals surface area contributed by atoms with Crippen LogP contribution in [0.25, 0.3) is 10.6 Å². The summed E-state index contributed by atoms with van der Waals surface area (Å²) in [6.07, 6.45) is 3.60. The third kappa shape index (κ3) is 6.92. The molecule has 0 aliphatic carbocycles. The molecule has 0 aromatic carbocycles. The van der Waals surface area contributed by atoms with Gasteiger partial charge in [0.25, 0.3) is 5.91 Å². The fourth-order valence-corrected chi connectivity index (χ4v) is 3.52. The number of ether oxygens (including phenoxy) is 1. The lowest BCUT2D eigenvalue weighted by atomic mass is 10.2. The van der Waals surface area contributed by atoms with Crippen LogP contribution in [0.5, 0.6) is 0 Å². The van der Waals surface area contributed by atoms with Crippen molar-refractivity contribution in [2.75, 3.05) is 13.1 Å². The molecule has 8 nitrogen and oxygen atoms in total. The number of nitrogens with zero attached hydrogens (tertiary/aromatic N) is 3. The summed E-state index contributed by atoms with van der Waals surface area (Å²) in [5.74, 6) is -0.255. The largest absolute Gasteiger partial charge is 0.444 e. The standard InChI is InChI=1S/C22H27N5O3S/c1-22(2,3)30-21(29)27(15-16-7-4-9-23-14-16)11-6-10-24-20(28)18-13-17(25-26-18)19-8-5-12-31-19/h4-5,7-9,12-14H,6,10-11,15H2,1-3H3,(H,24,28)(H,25,26). The quantitative estimate of drug-likeness (QED) is 0.513. The molecule has 31 heavy (non-hydrogen) atoms. The van der Waals surface area contributed by atoms with E-state index in [0.29, 0.717) is 31.7 Å². The lowest BCUT2D eigenvalue weighted by molar-refractivity contribution is 0.0232. The van der Waals surface area contributed by atoms with Gasteiger partial charge in [0, 0.05) is 25.5 Å². The lowest BCUT2D eigenvalue weighted by Gasteiger charge is -2.27. The molecule has 3 heterocycles. The highest BCUT2D eigenvalue weighted by Crippen LogP contribution is 2.22. The zero-order valence-electron chi connectivity index (χ0n) is 17.9. The topological polar surface area (TPSA) is 100 Å². The molecule has 0 atom stereocenters. The number of pyridine rings is 1. The first-order valence-electron chi connectivity index (χ1n) is 10.1. The number of aromatic amines is 1. The van der Waals surface area contributed by atoms with Crippen LogP contribution in [-0.4, -0.2) is 50.8 Å². The molecule has 0 saturated heterocycles. The lowest BCUT2D eigenvalue weighted by Crippen LogP contribution is -2.38. The van der Waals surface area contributed by atoms with Gasteiger partial charge in [-0.05, 0) is 56.3 Å². The van der Waals surface area contributed by atoms with Crippen molar-refractivity contribution in [2.24, 2.45) is 0 Å². The fraction of sp³-hybridized carbons (Fsp3) is 0.364. The van der Waals surface area contributed by atoms with E-state index >= 15 is 0 Å². The minimum absolute atomic E-state index is 0.255. The molecule has 3 rings (SSSR count). The summed E-state index contributed by atoms with van der Waals surface area (Å²) in [5, 5.41) is 11.8. The van der Waals surface area contributed by atoms with E-state index in [2.05, 4.69) is 20.5 Å². The van der Waals surface area contributed by atoms with Crippen LogP contribution in [0.1, 0.15) is 43.2 Å². The predicted molar refractivity (Wildman–Crippen MR) is 120 cm³/mol.